The van der Waals surface area contributed by atoms with Crippen molar-refractivity contribution in [3.05, 3.63) is 24.5 Å². The molecule has 0 bridgehead atoms. The number of nitrogens with zero attached hydrogens (tertiary/aromatic N) is 1. The van der Waals surface area contributed by atoms with Gasteiger partial charge in [-0.3, -0.25) is 4.98 Å². The van der Waals surface area contributed by atoms with Crippen LogP contribution >= 0.6 is 0 Å². The number of fused-ring (bicyclic) bond motifs is 3. The lowest BCUT2D eigenvalue weighted by Crippen LogP contribution is -2.63. The summed E-state index contributed by atoms with van der Waals surface area (Å²) in [6.07, 6.45) is 12.0. The minimum absolute atomic E-state index is 0.0408. The van der Waals surface area contributed by atoms with E-state index in [-0.39, 0.29) is 17.1 Å². The standard InChI is InChI=1S/C28H43NO4/c1-26(2)12-5-23-27(3,22(26)11-18-31-21-7-14-29-15-8-21)13-6-24-28(23,4)19-32-25(33-24)20-9-16-30-17-10-20/h7-8,14-15,20,22-25H,5-6,9-13,16-19H2,1-4H3/t22-,23?,24-,25-,27+,28+/m1/s1. The summed E-state index contributed by atoms with van der Waals surface area (Å²) in [6, 6.07) is 3.91. The molecule has 33 heavy (non-hydrogen) atoms. The molecule has 2 aliphatic carbocycles. The van der Waals surface area contributed by atoms with Crippen LogP contribution in [0.15, 0.2) is 24.5 Å². The Morgan fingerprint density at radius 1 is 0.970 bits per heavy atom. The van der Waals surface area contributed by atoms with Crippen LogP contribution in [0, 0.1) is 34.0 Å². The summed E-state index contributed by atoms with van der Waals surface area (Å²) in [5.74, 6) is 2.65. The summed E-state index contributed by atoms with van der Waals surface area (Å²) in [5, 5.41) is 0. The summed E-state index contributed by atoms with van der Waals surface area (Å²) in [5.41, 5.74) is 0.694. The SMILES string of the molecule is CC1(C)CCC2[C@]3(C)CO[C@@H](C4CCOCC4)O[C@@H]3CC[C@@]2(C)[C@@H]1CCOc1ccncc1. The van der Waals surface area contributed by atoms with Crippen LogP contribution in [0.3, 0.4) is 0 Å². The van der Waals surface area contributed by atoms with Gasteiger partial charge in [-0.05, 0) is 79.7 Å². The third kappa shape index (κ3) is 4.34. The lowest BCUT2D eigenvalue weighted by molar-refractivity contribution is -0.326. The van der Waals surface area contributed by atoms with Crippen molar-refractivity contribution in [1.29, 1.82) is 0 Å². The molecule has 0 amide bonds. The van der Waals surface area contributed by atoms with E-state index in [9.17, 15) is 0 Å². The molecule has 0 radical (unpaired) electrons. The average molecular weight is 458 g/mol. The van der Waals surface area contributed by atoms with Gasteiger partial charge in [-0.15, -0.1) is 0 Å². The summed E-state index contributed by atoms with van der Waals surface area (Å²) in [6.45, 7) is 13.3. The van der Waals surface area contributed by atoms with Crippen molar-refractivity contribution in [3.63, 3.8) is 0 Å². The van der Waals surface area contributed by atoms with Crippen LogP contribution in [0.25, 0.3) is 0 Å². The van der Waals surface area contributed by atoms with E-state index < -0.39 is 0 Å². The fourth-order valence-electron chi connectivity index (χ4n) is 8.15. The molecular weight excluding hydrogens is 414 g/mol. The molecule has 2 aliphatic heterocycles. The van der Waals surface area contributed by atoms with Crippen LogP contribution in [-0.2, 0) is 14.2 Å². The van der Waals surface area contributed by atoms with Crippen LogP contribution in [0.5, 0.6) is 5.75 Å². The molecule has 3 heterocycles. The molecule has 1 aromatic rings. The molecule has 6 atom stereocenters. The Balaban J connectivity index is 1.30. The highest BCUT2D eigenvalue weighted by Crippen LogP contribution is 2.66. The lowest BCUT2D eigenvalue weighted by Gasteiger charge is -2.65. The number of hydrogen-bond donors (Lipinski definition) is 0. The molecule has 2 saturated heterocycles. The van der Waals surface area contributed by atoms with E-state index in [0.717, 1.165) is 57.9 Å². The number of aromatic nitrogens is 1. The van der Waals surface area contributed by atoms with Gasteiger partial charge in [-0.1, -0.05) is 27.7 Å². The van der Waals surface area contributed by atoms with Gasteiger partial charge < -0.3 is 18.9 Å². The zero-order chi connectivity index (χ0) is 23.1. The van der Waals surface area contributed by atoms with E-state index >= 15 is 0 Å². The maximum atomic E-state index is 6.74. The highest BCUT2D eigenvalue weighted by atomic mass is 16.7. The van der Waals surface area contributed by atoms with Gasteiger partial charge in [0.25, 0.3) is 0 Å². The van der Waals surface area contributed by atoms with Crippen molar-refractivity contribution in [2.24, 2.45) is 34.0 Å². The van der Waals surface area contributed by atoms with Crippen molar-refractivity contribution in [1.82, 2.24) is 4.98 Å². The quantitative estimate of drug-likeness (QED) is 0.553. The smallest absolute Gasteiger partial charge is 0.160 e. The van der Waals surface area contributed by atoms with Gasteiger partial charge in [-0.2, -0.15) is 0 Å². The summed E-state index contributed by atoms with van der Waals surface area (Å²) in [7, 11) is 0. The molecule has 0 aromatic carbocycles. The number of rotatable bonds is 5. The Hall–Kier alpha value is -1.17. The Bertz CT molecular complexity index is 794. The second-order valence-electron chi connectivity index (χ2n) is 12.3. The number of ether oxygens (including phenoxy) is 4. The molecule has 1 unspecified atom stereocenters. The first-order valence-corrected chi connectivity index (χ1v) is 13.2. The van der Waals surface area contributed by atoms with Gasteiger partial charge >= 0.3 is 0 Å². The van der Waals surface area contributed by atoms with Crippen molar-refractivity contribution >= 4 is 0 Å². The summed E-state index contributed by atoms with van der Waals surface area (Å²) < 4.78 is 25.0. The van der Waals surface area contributed by atoms with Crippen molar-refractivity contribution in [2.75, 3.05) is 26.4 Å². The fraction of sp³-hybridized carbons (Fsp3) is 0.821. The highest BCUT2D eigenvalue weighted by Gasteiger charge is 2.62. The highest BCUT2D eigenvalue weighted by molar-refractivity contribution is 5.17. The van der Waals surface area contributed by atoms with E-state index in [1.165, 1.54) is 19.3 Å². The Morgan fingerprint density at radius 2 is 1.73 bits per heavy atom. The monoisotopic (exact) mass is 457 g/mol. The van der Waals surface area contributed by atoms with Crippen LogP contribution in [0.4, 0.5) is 0 Å². The zero-order valence-electron chi connectivity index (χ0n) is 21.1. The van der Waals surface area contributed by atoms with Crippen LogP contribution < -0.4 is 4.74 Å². The lowest BCUT2D eigenvalue weighted by atomic mass is 9.42. The van der Waals surface area contributed by atoms with Gasteiger partial charge in [0.05, 0.1) is 19.3 Å². The van der Waals surface area contributed by atoms with Gasteiger partial charge in [0, 0.05) is 36.9 Å². The minimum atomic E-state index is -0.0408. The van der Waals surface area contributed by atoms with Gasteiger partial charge in [0.15, 0.2) is 6.29 Å². The van der Waals surface area contributed by atoms with Crippen molar-refractivity contribution in [2.45, 2.75) is 85.0 Å². The van der Waals surface area contributed by atoms with E-state index in [2.05, 4.69) is 32.7 Å². The second kappa shape index (κ2) is 9.13. The maximum Gasteiger partial charge on any atom is 0.160 e. The minimum Gasteiger partial charge on any atom is -0.493 e. The summed E-state index contributed by atoms with van der Waals surface area (Å²) >= 11 is 0. The normalized spacial score (nSPS) is 41.1. The molecular formula is C28H43NO4. The van der Waals surface area contributed by atoms with E-state index in [4.69, 9.17) is 18.9 Å². The third-order valence-electron chi connectivity index (χ3n) is 9.92. The summed E-state index contributed by atoms with van der Waals surface area (Å²) in [4.78, 5) is 4.10. The fourth-order valence-corrected chi connectivity index (χ4v) is 8.15. The topological polar surface area (TPSA) is 49.8 Å². The van der Waals surface area contributed by atoms with Crippen LogP contribution in [-0.4, -0.2) is 43.8 Å². The molecule has 5 rings (SSSR count). The Morgan fingerprint density at radius 3 is 2.48 bits per heavy atom. The third-order valence-corrected chi connectivity index (χ3v) is 9.92. The first-order valence-electron chi connectivity index (χ1n) is 13.2. The molecule has 184 valence electrons. The van der Waals surface area contributed by atoms with Crippen molar-refractivity contribution in [3.8, 4) is 5.75 Å². The molecule has 1 aromatic heterocycles. The molecule has 0 spiro atoms. The van der Waals surface area contributed by atoms with E-state index in [1.54, 1.807) is 12.4 Å². The Labute approximate surface area is 199 Å². The van der Waals surface area contributed by atoms with Crippen LogP contribution in [0.1, 0.15) is 72.6 Å². The van der Waals surface area contributed by atoms with Gasteiger partial charge in [-0.25, -0.2) is 0 Å². The number of pyridine rings is 1. The zero-order valence-corrected chi connectivity index (χ0v) is 21.1. The molecule has 5 nitrogen and oxygen atoms in total. The maximum absolute atomic E-state index is 6.74. The first kappa shape index (κ1) is 23.6. The molecule has 4 aliphatic rings. The van der Waals surface area contributed by atoms with Crippen molar-refractivity contribution < 1.29 is 18.9 Å². The molecule has 0 N–H and O–H groups in total. The molecule has 2 saturated carbocycles. The Kier molecular flexibility index (Phi) is 6.52. The van der Waals surface area contributed by atoms with E-state index in [0.29, 0.717) is 29.3 Å². The second-order valence-corrected chi connectivity index (χ2v) is 12.3. The van der Waals surface area contributed by atoms with E-state index in [1.807, 2.05) is 12.1 Å². The largest absolute Gasteiger partial charge is 0.493 e. The average Bonchev–Trinajstić information content (AvgIpc) is 2.81. The predicted octanol–water partition coefficient (Wildman–Crippen LogP) is 5.88. The molecule has 4 fully saturated rings. The van der Waals surface area contributed by atoms with Gasteiger partial charge in [0.2, 0.25) is 0 Å². The number of hydrogen-bond acceptors (Lipinski definition) is 5. The predicted molar refractivity (Wildman–Crippen MR) is 128 cm³/mol. The van der Waals surface area contributed by atoms with Gasteiger partial charge in [0.1, 0.15) is 5.75 Å². The van der Waals surface area contributed by atoms with Crippen LogP contribution in [0.2, 0.25) is 0 Å². The molecule has 5 heteroatoms. The first-order chi connectivity index (χ1) is 15.8.